The van der Waals surface area contributed by atoms with Crippen LogP contribution in [0.4, 0.5) is 34.4 Å². The van der Waals surface area contributed by atoms with Gasteiger partial charge >= 0.3 is 0 Å². The Balaban J connectivity index is 1.47. The summed E-state index contributed by atoms with van der Waals surface area (Å²) in [5, 5.41) is 11.5. The standard InChI is InChI=1S/C22H15Cl2N7S/c23-13-5-9-15(10-6-13)25-19-28-20(26-16-11-7-14(24)8-12-16)30-21(29-19)31-22-27-17-3-1-2-4-18(17)32-22/h1-12H,(H3,25,26,27,28,29,30,31). The molecule has 32 heavy (non-hydrogen) atoms. The van der Waals surface area contributed by atoms with Crippen molar-refractivity contribution < 1.29 is 0 Å². The average molecular weight is 480 g/mol. The summed E-state index contributed by atoms with van der Waals surface area (Å²) in [6.45, 7) is 0. The van der Waals surface area contributed by atoms with Crippen LogP contribution in [-0.4, -0.2) is 19.9 Å². The largest absolute Gasteiger partial charge is 0.324 e. The monoisotopic (exact) mass is 479 g/mol. The van der Waals surface area contributed by atoms with Crippen molar-refractivity contribution in [1.82, 2.24) is 19.9 Å². The number of benzene rings is 3. The molecular weight excluding hydrogens is 465 g/mol. The Hall–Kier alpha value is -3.46. The van der Waals surface area contributed by atoms with Crippen LogP contribution in [0.5, 0.6) is 0 Å². The van der Waals surface area contributed by atoms with Gasteiger partial charge in [-0.15, -0.1) is 0 Å². The van der Waals surface area contributed by atoms with Crippen LogP contribution in [0.25, 0.3) is 10.2 Å². The van der Waals surface area contributed by atoms with Crippen molar-refractivity contribution in [2.75, 3.05) is 16.0 Å². The number of halogens is 2. The molecule has 0 saturated carbocycles. The molecule has 3 aromatic carbocycles. The van der Waals surface area contributed by atoms with Crippen LogP contribution in [0.15, 0.2) is 72.8 Å². The van der Waals surface area contributed by atoms with E-state index in [1.165, 1.54) is 11.3 Å². The smallest absolute Gasteiger partial charge is 0.235 e. The lowest BCUT2D eigenvalue weighted by atomic mass is 10.3. The van der Waals surface area contributed by atoms with Gasteiger partial charge in [-0.3, -0.25) is 5.32 Å². The molecule has 3 N–H and O–H groups in total. The lowest BCUT2D eigenvalue weighted by Gasteiger charge is -2.11. The molecule has 5 aromatic rings. The topological polar surface area (TPSA) is 87.7 Å². The summed E-state index contributed by atoms with van der Waals surface area (Å²) in [5.41, 5.74) is 2.50. The molecule has 10 heteroatoms. The minimum Gasteiger partial charge on any atom is -0.324 e. The molecule has 0 aliphatic rings. The second-order valence-corrected chi connectivity index (χ2v) is 8.59. The normalized spacial score (nSPS) is 10.8. The summed E-state index contributed by atoms with van der Waals surface area (Å²) in [6, 6.07) is 22.5. The van der Waals surface area contributed by atoms with E-state index in [2.05, 4.69) is 35.9 Å². The second kappa shape index (κ2) is 8.96. The molecule has 0 unspecified atom stereocenters. The average Bonchev–Trinajstić information content (AvgIpc) is 3.19. The van der Waals surface area contributed by atoms with Crippen LogP contribution in [0, 0.1) is 0 Å². The Labute approximate surface area is 197 Å². The SMILES string of the molecule is Clc1ccc(Nc2nc(Nc3ccc(Cl)cc3)nc(Nc3nc4ccccc4s3)n2)cc1. The van der Waals surface area contributed by atoms with E-state index in [1.54, 1.807) is 24.3 Å². The Bertz CT molecular complexity index is 1270. The first-order chi connectivity index (χ1) is 15.6. The maximum absolute atomic E-state index is 5.99. The number of fused-ring (bicyclic) bond motifs is 1. The van der Waals surface area contributed by atoms with Gasteiger partial charge in [0, 0.05) is 21.4 Å². The number of thiazole rings is 1. The number of hydrogen-bond donors (Lipinski definition) is 3. The highest BCUT2D eigenvalue weighted by molar-refractivity contribution is 7.22. The minimum absolute atomic E-state index is 0.354. The first kappa shape index (κ1) is 20.4. The van der Waals surface area contributed by atoms with Gasteiger partial charge in [-0.25, -0.2) is 4.98 Å². The zero-order valence-corrected chi connectivity index (χ0v) is 18.7. The molecule has 7 nitrogen and oxygen atoms in total. The molecule has 0 atom stereocenters. The van der Waals surface area contributed by atoms with E-state index in [1.807, 2.05) is 48.5 Å². The summed E-state index contributed by atoms with van der Waals surface area (Å²) in [7, 11) is 0. The number of rotatable bonds is 6. The third-order valence-electron chi connectivity index (χ3n) is 4.35. The third kappa shape index (κ3) is 4.88. The molecule has 0 radical (unpaired) electrons. The lowest BCUT2D eigenvalue weighted by Crippen LogP contribution is -2.07. The summed E-state index contributed by atoms with van der Waals surface area (Å²) in [6.07, 6.45) is 0. The number of para-hydroxylation sites is 1. The van der Waals surface area contributed by atoms with Crippen molar-refractivity contribution in [2.45, 2.75) is 0 Å². The molecule has 5 rings (SSSR count). The summed E-state index contributed by atoms with van der Waals surface area (Å²) < 4.78 is 1.07. The highest BCUT2D eigenvalue weighted by Gasteiger charge is 2.11. The molecule has 158 valence electrons. The highest BCUT2D eigenvalue weighted by atomic mass is 35.5. The molecule has 0 aliphatic heterocycles. The maximum Gasteiger partial charge on any atom is 0.235 e. The molecule has 0 aliphatic carbocycles. The van der Waals surface area contributed by atoms with Crippen LogP contribution >= 0.6 is 34.5 Å². The van der Waals surface area contributed by atoms with Crippen molar-refractivity contribution in [3.8, 4) is 0 Å². The lowest BCUT2D eigenvalue weighted by molar-refractivity contribution is 1.06. The zero-order chi connectivity index (χ0) is 21.9. The first-order valence-corrected chi connectivity index (χ1v) is 11.1. The van der Waals surface area contributed by atoms with Gasteiger partial charge in [-0.1, -0.05) is 46.7 Å². The van der Waals surface area contributed by atoms with Gasteiger partial charge in [-0.05, 0) is 60.7 Å². The fraction of sp³-hybridized carbons (Fsp3) is 0. The Kier molecular flexibility index (Phi) is 5.72. The third-order valence-corrected chi connectivity index (χ3v) is 5.80. The van der Waals surface area contributed by atoms with E-state index in [0.29, 0.717) is 33.0 Å². The van der Waals surface area contributed by atoms with Gasteiger partial charge in [0.1, 0.15) is 0 Å². The van der Waals surface area contributed by atoms with E-state index in [0.717, 1.165) is 21.6 Å². The van der Waals surface area contributed by atoms with Gasteiger partial charge < -0.3 is 10.6 Å². The van der Waals surface area contributed by atoms with E-state index in [4.69, 9.17) is 23.2 Å². The van der Waals surface area contributed by atoms with E-state index in [-0.39, 0.29) is 0 Å². The summed E-state index contributed by atoms with van der Waals surface area (Å²) in [4.78, 5) is 18.1. The van der Waals surface area contributed by atoms with Crippen molar-refractivity contribution in [2.24, 2.45) is 0 Å². The van der Waals surface area contributed by atoms with Crippen LogP contribution in [0.1, 0.15) is 0 Å². The molecular formula is C22H15Cl2N7S. The van der Waals surface area contributed by atoms with Gasteiger partial charge in [0.25, 0.3) is 0 Å². The summed E-state index contributed by atoms with van der Waals surface area (Å²) >= 11 is 13.5. The Morgan fingerprint density at radius 1 is 0.562 bits per heavy atom. The van der Waals surface area contributed by atoms with Gasteiger partial charge in [-0.2, -0.15) is 15.0 Å². The molecule has 2 heterocycles. The van der Waals surface area contributed by atoms with Gasteiger partial charge in [0.2, 0.25) is 17.8 Å². The van der Waals surface area contributed by atoms with Crippen LogP contribution in [0.3, 0.4) is 0 Å². The molecule has 2 aromatic heterocycles. The van der Waals surface area contributed by atoms with Crippen LogP contribution in [0.2, 0.25) is 10.0 Å². The molecule has 0 bridgehead atoms. The maximum atomic E-state index is 5.99. The molecule has 0 amide bonds. The van der Waals surface area contributed by atoms with Crippen molar-refractivity contribution in [3.05, 3.63) is 82.8 Å². The fourth-order valence-corrected chi connectivity index (χ4v) is 4.00. The van der Waals surface area contributed by atoms with E-state index in [9.17, 15) is 0 Å². The van der Waals surface area contributed by atoms with Crippen molar-refractivity contribution in [3.63, 3.8) is 0 Å². The predicted octanol–water partition coefficient (Wildman–Crippen LogP) is 7.02. The first-order valence-electron chi connectivity index (χ1n) is 9.55. The van der Waals surface area contributed by atoms with E-state index >= 15 is 0 Å². The Morgan fingerprint density at radius 3 is 1.59 bits per heavy atom. The van der Waals surface area contributed by atoms with E-state index < -0.39 is 0 Å². The quantitative estimate of drug-likeness (QED) is 0.241. The number of nitrogens with zero attached hydrogens (tertiary/aromatic N) is 4. The number of nitrogens with one attached hydrogen (secondary N) is 3. The van der Waals surface area contributed by atoms with Crippen LogP contribution in [-0.2, 0) is 0 Å². The molecule has 0 saturated heterocycles. The van der Waals surface area contributed by atoms with Crippen molar-refractivity contribution >= 4 is 79.1 Å². The molecule has 0 spiro atoms. The second-order valence-electron chi connectivity index (χ2n) is 6.68. The van der Waals surface area contributed by atoms with Gasteiger partial charge in [0.15, 0.2) is 5.13 Å². The Morgan fingerprint density at radius 2 is 1.06 bits per heavy atom. The number of hydrogen-bond acceptors (Lipinski definition) is 8. The molecule has 0 fully saturated rings. The minimum atomic E-state index is 0.354. The zero-order valence-electron chi connectivity index (χ0n) is 16.4. The predicted molar refractivity (Wildman–Crippen MR) is 132 cm³/mol. The van der Waals surface area contributed by atoms with Crippen LogP contribution < -0.4 is 16.0 Å². The number of anilines is 6. The fourth-order valence-electron chi connectivity index (χ4n) is 2.89. The summed E-state index contributed by atoms with van der Waals surface area (Å²) in [5.74, 6) is 1.08. The number of aromatic nitrogens is 4. The van der Waals surface area contributed by atoms with Crippen molar-refractivity contribution in [1.29, 1.82) is 0 Å². The highest BCUT2D eigenvalue weighted by Crippen LogP contribution is 2.28. The van der Waals surface area contributed by atoms with Gasteiger partial charge in [0.05, 0.1) is 10.2 Å².